The molecule has 1 aromatic carbocycles. The lowest BCUT2D eigenvalue weighted by Crippen LogP contribution is -2.28. The maximum Gasteiger partial charge on any atom is 0.272 e. The minimum Gasteiger partial charge on any atom is -0.496 e. The molecule has 0 spiro atoms. The van der Waals surface area contributed by atoms with Gasteiger partial charge in [-0.2, -0.15) is 0 Å². The number of para-hydroxylation sites is 1. The van der Waals surface area contributed by atoms with Crippen molar-refractivity contribution in [3.8, 4) is 5.75 Å². The number of methoxy groups -OCH3 is 1. The highest BCUT2D eigenvalue weighted by atomic mass is 16.5. The molecule has 0 unspecified atom stereocenters. The van der Waals surface area contributed by atoms with Gasteiger partial charge in [-0.25, -0.2) is 4.98 Å². The Morgan fingerprint density at radius 2 is 2.04 bits per heavy atom. The Morgan fingerprint density at radius 3 is 2.72 bits per heavy atom. The van der Waals surface area contributed by atoms with E-state index >= 15 is 0 Å². The van der Waals surface area contributed by atoms with Gasteiger partial charge in [0, 0.05) is 20.1 Å². The Hall–Kier alpha value is -2.56. The van der Waals surface area contributed by atoms with Crippen LogP contribution in [0.25, 0.3) is 0 Å². The predicted molar refractivity (Wildman–Crippen MR) is 101 cm³/mol. The van der Waals surface area contributed by atoms with Gasteiger partial charge in [-0.05, 0) is 36.6 Å². The molecule has 2 aromatic rings. The summed E-state index contributed by atoms with van der Waals surface area (Å²) < 4.78 is 5.36. The fraction of sp³-hybridized carbons (Fsp3) is 0.400. The number of carbonyl (C=O) groups excluding carboxylic acids is 1. The number of nitrogens with one attached hydrogen (secondary N) is 1. The first kappa shape index (κ1) is 18.8. The van der Waals surface area contributed by atoms with Crippen molar-refractivity contribution < 1.29 is 9.53 Å². The molecule has 0 saturated heterocycles. The summed E-state index contributed by atoms with van der Waals surface area (Å²) in [6.07, 6.45) is 4.64. The van der Waals surface area contributed by atoms with Crippen LogP contribution in [0.4, 0.5) is 5.69 Å². The van der Waals surface area contributed by atoms with E-state index in [2.05, 4.69) is 23.3 Å². The second kappa shape index (κ2) is 9.67. The lowest BCUT2D eigenvalue weighted by atomic mass is 10.1. The molecule has 134 valence electrons. The van der Waals surface area contributed by atoms with Crippen molar-refractivity contribution in [2.45, 2.75) is 26.2 Å². The molecule has 0 atom stereocenters. The first-order valence-electron chi connectivity index (χ1n) is 8.73. The van der Waals surface area contributed by atoms with Gasteiger partial charge in [0.2, 0.25) is 0 Å². The van der Waals surface area contributed by atoms with Gasteiger partial charge in [0.1, 0.15) is 11.4 Å². The van der Waals surface area contributed by atoms with E-state index in [1.807, 2.05) is 31.3 Å². The second-order valence-corrected chi connectivity index (χ2v) is 6.00. The van der Waals surface area contributed by atoms with Crippen LogP contribution in [0.15, 0.2) is 42.6 Å². The van der Waals surface area contributed by atoms with Gasteiger partial charge in [-0.15, -0.1) is 0 Å². The van der Waals surface area contributed by atoms with Gasteiger partial charge in [-0.3, -0.25) is 4.79 Å². The molecule has 0 saturated carbocycles. The number of aromatic nitrogens is 1. The lowest BCUT2D eigenvalue weighted by molar-refractivity contribution is 0.0787. The van der Waals surface area contributed by atoms with Crippen LogP contribution in [0.2, 0.25) is 0 Å². The zero-order valence-electron chi connectivity index (χ0n) is 15.3. The van der Waals surface area contributed by atoms with Gasteiger partial charge in [0.05, 0.1) is 19.0 Å². The van der Waals surface area contributed by atoms with E-state index in [1.54, 1.807) is 24.3 Å². The van der Waals surface area contributed by atoms with Crippen LogP contribution >= 0.6 is 0 Å². The second-order valence-electron chi connectivity index (χ2n) is 6.00. The third kappa shape index (κ3) is 5.48. The van der Waals surface area contributed by atoms with E-state index in [9.17, 15) is 4.79 Å². The van der Waals surface area contributed by atoms with Crippen LogP contribution in [-0.4, -0.2) is 43.0 Å². The monoisotopic (exact) mass is 341 g/mol. The number of carbonyl (C=O) groups is 1. The highest BCUT2D eigenvalue weighted by Crippen LogP contribution is 2.18. The van der Waals surface area contributed by atoms with Crippen molar-refractivity contribution in [3.05, 3.63) is 53.9 Å². The predicted octanol–water partition coefficient (Wildman–Crippen LogP) is 3.62. The number of ether oxygens (including phenoxy) is 1. The van der Waals surface area contributed by atoms with Gasteiger partial charge in [-0.1, -0.05) is 31.5 Å². The topological polar surface area (TPSA) is 54.5 Å². The summed E-state index contributed by atoms with van der Waals surface area (Å²) in [6, 6.07) is 11.7. The normalized spacial score (nSPS) is 10.4. The Balaban J connectivity index is 1.87. The van der Waals surface area contributed by atoms with Gasteiger partial charge in [0.15, 0.2) is 0 Å². The molecule has 0 fully saturated rings. The fourth-order valence-electron chi connectivity index (χ4n) is 2.57. The largest absolute Gasteiger partial charge is 0.496 e. The fourth-order valence-corrected chi connectivity index (χ4v) is 2.57. The molecular formula is C20H27N3O2. The van der Waals surface area contributed by atoms with Crippen LogP contribution in [-0.2, 0) is 6.42 Å². The SMILES string of the molecule is CCCCN(C)C(=O)c1ccc(NCCc2ccccc2OC)cn1. The number of anilines is 1. The summed E-state index contributed by atoms with van der Waals surface area (Å²) in [4.78, 5) is 18.3. The molecule has 5 heteroatoms. The first-order chi connectivity index (χ1) is 12.2. The van der Waals surface area contributed by atoms with Gasteiger partial charge < -0.3 is 15.0 Å². The minimum atomic E-state index is -0.0333. The standard InChI is InChI=1S/C20H27N3O2/c1-4-5-14-23(2)20(24)18-11-10-17(15-22-18)21-13-12-16-8-6-7-9-19(16)25-3/h6-11,15,21H,4-5,12-14H2,1-3H3. The number of amides is 1. The average molecular weight is 341 g/mol. The van der Waals surface area contributed by atoms with Crippen LogP contribution in [0.3, 0.4) is 0 Å². The quantitative estimate of drug-likeness (QED) is 0.757. The Bertz CT molecular complexity index is 671. The van der Waals surface area contributed by atoms with Crippen LogP contribution in [0.5, 0.6) is 5.75 Å². The van der Waals surface area contributed by atoms with Crippen molar-refractivity contribution >= 4 is 11.6 Å². The molecule has 1 heterocycles. The molecule has 1 N–H and O–H groups in total. The summed E-state index contributed by atoms with van der Waals surface area (Å²) >= 11 is 0. The zero-order chi connectivity index (χ0) is 18.1. The molecule has 0 radical (unpaired) electrons. The number of rotatable bonds is 9. The Morgan fingerprint density at radius 1 is 1.24 bits per heavy atom. The summed E-state index contributed by atoms with van der Waals surface area (Å²) in [5, 5.41) is 3.33. The van der Waals surface area contributed by atoms with E-state index in [4.69, 9.17) is 4.74 Å². The molecule has 1 amide bonds. The molecule has 25 heavy (non-hydrogen) atoms. The summed E-state index contributed by atoms with van der Waals surface area (Å²) in [6.45, 7) is 3.64. The average Bonchev–Trinajstić information content (AvgIpc) is 2.66. The maximum atomic E-state index is 12.3. The zero-order valence-corrected chi connectivity index (χ0v) is 15.3. The summed E-state index contributed by atoms with van der Waals surface area (Å²) in [5.74, 6) is 0.868. The van der Waals surface area contributed by atoms with Crippen LogP contribution in [0, 0.1) is 0 Å². The minimum absolute atomic E-state index is 0.0333. The molecule has 0 aliphatic heterocycles. The van der Waals surface area contributed by atoms with Gasteiger partial charge >= 0.3 is 0 Å². The maximum absolute atomic E-state index is 12.3. The molecule has 0 bridgehead atoms. The molecular weight excluding hydrogens is 314 g/mol. The molecule has 0 aliphatic carbocycles. The van der Waals surface area contributed by atoms with Crippen LogP contribution in [0.1, 0.15) is 35.8 Å². The molecule has 5 nitrogen and oxygen atoms in total. The van der Waals surface area contributed by atoms with Crippen molar-refractivity contribution in [1.29, 1.82) is 0 Å². The highest BCUT2D eigenvalue weighted by Gasteiger charge is 2.12. The van der Waals surface area contributed by atoms with Crippen molar-refractivity contribution in [1.82, 2.24) is 9.88 Å². The van der Waals surface area contributed by atoms with Crippen molar-refractivity contribution in [2.75, 3.05) is 32.6 Å². The van der Waals surface area contributed by atoms with E-state index in [0.717, 1.165) is 49.4 Å². The van der Waals surface area contributed by atoms with E-state index < -0.39 is 0 Å². The third-order valence-electron chi connectivity index (χ3n) is 4.09. The van der Waals surface area contributed by atoms with Crippen LogP contribution < -0.4 is 10.1 Å². The lowest BCUT2D eigenvalue weighted by Gasteiger charge is -2.16. The number of nitrogens with zero attached hydrogens (tertiary/aromatic N) is 2. The Labute approximate surface area is 150 Å². The number of pyridine rings is 1. The van der Waals surface area contributed by atoms with Gasteiger partial charge in [0.25, 0.3) is 5.91 Å². The van der Waals surface area contributed by atoms with Crippen molar-refractivity contribution in [3.63, 3.8) is 0 Å². The first-order valence-corrected chi connectivity index (χ1v) is 8.73. The summed E-state index contributed by atoms with van der Waals surface area (Å²) in [7, 11) is 3.50. The summed E-state index contributed by atoms with van der Waals surface area (Å²) in [5.41, 5.74) is 2.55. The van der Waals surface area contributed by atoms with E-state index in [1.165, 1.54) is 0 Å². The highest BCUT2D eigenvalue weighted by molar-refractivity contribution is 5.92. The third-order valence-corrected chi connectivity index (χ3v) is 4.09. The van der Waals surface area contributed by atoms with E-state index in [-0.39, 0.29) is 5.91 Å². The number of benzene rings is 1. The molecule has 0 aliphatic rings. The molecule has 1 aromatic heterocycles. The smallest absolute Gasteiger partial charge is 0.272 e. The number of unbranched alkanes of at least 4 members (excludes halogenated alkanes) is 1. The van der Waals surface area contributed by atoms with E-state index in [0.29, 0.717) is 5.69 Å². The number of hydrogen-bond acceptors (Lipinski definition) is 4. The molecule has 2 rings (SSSR count). The Kier molecular flexibility index (Phi) is 7.26. The number of hydrogen-bond donors (Lipinski definition) is 1. The van der Waals surface area contributed by atoms with Crippen molar-refractivity contribution in [2.24, 2.45) is 0 Å².